The summed E-state index contributed by atoms with van der Waals surface area (Å²) in [6, 6.07) is 6.36. The van der Waals surface area contributed by atoms with E-state index in [1.54, 1.807) is 11.6 Å². The maximum atomic E-state index is 13.2. The van der Waals surface area contributed by atoms with E-state index in [9.17, 15) is 9.18 Å². The molecule has 0 heterocycles. The summed E-state index contributed by atoms with van der Waals surface area (Å²) >= 11 is 0. The molecule has 1 N–H and O–H groups in total. The summed E-state index contributed by atoms with van der Waals surface area (Å²) < 4.78 is 13.2. The quantitative estimate of drug-likeness (QED) is 0.595. The van der Waals surface area contributed by atoms with Gasteiger partial charge in [-0.05, 0) is 75.0 Å². The fourth-order valence-corrected chi connectivity index (χ4v) is 4.49. The number of hydrogen-bond donors (Lipinski definition) is 1. The van der Waals surface area contributed by atoms with E-state index in [1.165, 1.54) is 37.0 Å². The van der Waals surface area contributed by atoms with Crippen molar-refractivity contribution in [1.82, 2.24) is 5.32 Å². The number of halogens is 1. The van der Waals surface area contributed by atoms with Crippen LogP contribution in [0.25, 0.3) is 0 Å². The highest BCUT2D eigenvalue weighted by atomic mass is 19.1. The third-order valence-electron chi connectivity index (χ3n) is 5.89. The Morgan fingerprint density at radius 1 is 1.32 bits per heavy atom. The van der Waals surface area contributed by atoms with E-state index in [-0.39, 0.29) is 11.7 Å². The Balaban J connectivity index is 1.66. The maximum absolute atomic E-state index is 13.2. The average Bonchev–Trinajstić information content (AvgIpc) is 2.98. The van der Waals surface area contributed by atoms with Crippen LogP contribution in [-0.2, 0) is 11.3 Å². The molecule has 3 atom stereocenters. The van der Waals surface area contributed by atoms with Crippen LogP contribution in [0.4, 0.5) is 4.39 Å². The van der Waals surface area contributed by atoms with Crippen molar-refractivity contribution in [2.45, 2.75) is 53.0 Å². The predicted molar refractivity (Wildman–Crippen MR) is 99.3 cm³/mol. The molecule has 25 heavy (non-hydrogen) atoms. The molecule has 0 aromatic heterocycles. The lowest BCUT2D eigenvalue weighted by molar-refractivity contribution is -0.117. The largest absolute Gasteiger partial charge is 0.348 e. The molecule has 0 unspecified atom stereocenters. The average molecular weight is 341 g/mol. The van der Waals surface area contributed by atoms with Crippen LogP contribution in [0.5, 0.6) is 0 Å². The van der Waals surface area contributed by atoms with Gasteiger partial charge in [-0.15, -0.1) is 0 Å². The number of amides is 1. The van der Waals surface area contributed by atoms with Gasteiger partial charge in [0.05, 0.1) is 0 Å². The van der Waals surface area contributed by atoms with Crippen molar-refractivity contribution in [2.24, 2.45) is 17.8 Å². The number of carbonyl (C=O) groups excluding carboxylic acids is 1. The summed E-state index contributed by atoms with van der Waals surface area (Å²) in [5.41, 5.74) is 4.67. The second kappa shape index (κ2) is 7.55. The topological polar surface area (TPSA) is 29.1 Å². The van der Waals surface area contributed by atoms with Gasteiger partial charge < -0.3 is 5.32 Å². The molecule has 1 aromatic rings. The van der Waals surface area contributed by atoms with Gasteiger partial charge in [0.25, 0.3) is 0 Å². The standard InChI is InChI=1S/C22H28FNO/c1-14-7-9-18(21-15(2)8-10-20(14)21)11-16(3)22(25)24-13-17-5-4-6-19(23)12-17/h4-6,11-12,14,18,20H,7-10,13H2,1-3H3,(H,24,25)/b16-11+/t14-,18+,20-/m1/s1. The van der Waals surface area contributed by atoms with Crippen molar-refractivity contribution in [2.75, 3.05) is 0 Å². The number of nitrogens with one attached hydrogen (secondary N) is 1. The van der Waals surface area contributed by atoms with E-state index in [0.29, 0.717) is 18.4 Å². The molecule has 2 nitrogen and oxygen atoms in total. The van der Waals surface area contributed by atoms with Crippen LogP contribution in [0.15, 0.2) is 47.1 Å². The lowest BCUT2D eigenvalue weighted by atomic mass is 9.71. The van der Waals surface area contributed by atoms with Crippen molar-refractivity contribution in [3.8, 4) is 0 Å². The number of hydrogen-bond acceptors (Lipinski definition) is 1. The van der Waals surface area contributed by atoms with E-state index < -0.39 is 0 Å². The van der Waals surface area contributed by atoms with E-state index in [4.69, 9.17) is 0 Å². The third kappa shape index (κ3) is 4.02. The molecule has 1 saturated carbocycles. The molecule has 0 spiro atoms. The first kappa shape index (κ1) is 17.9. The lowest BCUT2D eigenvalue weighted by Crippen LogP contribution is -2.26. The van der Waals surface area contributed by atoms with E-state index in [2.05, 4.69) is 25.2 Å². The summed E-state index contributed by atoms with van der Waals surface area (Å²) in [7, 11) is 0. The highest BCUT2D eigenvalue weighted by Gasteiger charge is 2.36. The summed E-state index contributed by atoms with van der Waals surface area (Å²) in [5, 5.41) is 2.91. The second-order valence-corrected chi connectivity index (χ2v) is 7.70. The van der Waals surface area contributed by atoms with Crippen LogP contribution < -0.4 is 5.32 Å². The molecule has 0 aliphatic heterocycles. The van der Waals surface area contributed by atoms with Gasteiger partial charge in [-0.25, -0.2) is 4.39 Å². The van der Waals surface area contributed by atoms with Gasteiger partial charge in [0.1, 0.15) is 5.82 Å². The van der Waals surface area contributed by atoms with Crippen molar-refractivity contribution in [3.63, 3.8) is 0 Å². The molecular formula is C22H28FNO. The summed E-state index contributed by atoms with van der Waals surface area (Å²) in [6.45, 7) is 6.86. The monoisotopic (exact) mass is 341 g/mol. The minimum absolute atomic E-state index is 0.0596. The SMILES string of the molecule is CC1=C2[C@H](/C=C(\C)C(=O)NCc3cccc(F)c3)CC[C@@H](C)[C@H]2CC1. The van der Waals surface area contributed by atoms with E-state index in [0.717, 1.165) is 23.5 Å². The second-order valence-electron chi connectivity index (χ2n) is 7.70. The van der Waals surface area contributed by atoms with Gasteiger partial charge in [-0.2, -0.15) is 0 Å². The normalized spacial score (nSPS) is 26.6. The van der Waals surface area contributed by atoms with Gasteiger partial charge in [0, 0.05) is 12.1 Å². The van der Waals surface area contributed by atoms with Crippen molar-refractivity contribution in [1.29, 1.82) is 0 Å². The van der Waals surface area contributed by atoms with Crippen molar-refractivity contribution < 1.29 is 9.18 Å². The fourth-order valence-electron chi connectivity index (χ4n) is 4.49. The smallest absolute Gasteiger partial charge is 0.246 e. The van der Waals surface area contributed by atoms with Gasteiger partial charge in [-0.1, -0.05) is 36.3 Å². The van der Waals surface area contributed by atoms with Crippen LogP contribution >= 0.6 is 0 Å². The number of benzene rings is 1. The molecule has 0 radical (unpaired) electrons. The molecule has 134 valence electrons. The molecule has 2 aliphatic rings. The number of allylic oxidation sites excluding steroid dienone is 3. The molecule has 0 saturated heterocycles. The first-order valence-corrected chi connectivity index (χ1v) is 9.36. The first-order chi connectivity index (χ1) is 12.0. The molecule has 2 aliphatic carbocycles. The van der Waals surface area contributed by atoms with Crippen LogP contribution in [0.3, 0.4) is 0 Å². The molecule has 0 bridgehead atoms. The predicted octanol–water partition coefficient (Wildman–Crippen LogP) is 5.16. The fraction of sp³-hybridized carbons (Fsp3) is 0.500. The zero-order chi connectivity index (χ0) is 18.0. The molecule has 1 fully saturated rings. The van der Waals surface area contributed by atoms with Crippen molar-refractivity contribution >= 4 is 5.91 Å². The number of rotatable bonds is 4. The number of carbonyl (C=O) groups is 1. The highest BCUT2D eigenvalue weighted by molar-refractivity contribution is 5.92. The Bertz CT molecular complexity index is 718. The summed E-state index contributed by atoms with van der Waals surface area (Å²) in [5.74, 6) is 1.54. The van der Waals surface area contributed by atoms with Gasteiger partial charge in [0.2, 0.25) is 5.91 Å². The third-order valence-corrected chi connectivity index (χ3v) is 5.89. The summed E-state index contributed by atoms with van der Waals surface area (Å²) in [4.78, 5) is 12.4. The zero-order valence-corrected chi connectivity index (χ0v) is 15.4. The van der Waals surface area contributed by atoms with Gasteiger partial charge in [-0.3, -0.25) is 4.79 Å². The molecule has 3 rings (SSSR count). The van der Waals surface area contributed by atoms with E-state index >= 15 is 0 Å². The van der Waals surface area contributed by atoms with Gasteiger partial charge in [0.15, 0.2) is 0 Å². The Hall–Kier alpha value is -1.90. The van der Waals surface area contributed by atoms with Crippen LogP contribution in [-0.4, -0.2) is 5.91 Å². The maximum Gasteiger partial charge on any atom is 0.246 e. The first-order valence-electron chi connectivity index (χ1n) is 9.36. The molecule has 1 amide bonds. The Morgan fingerprint density at radius 2 is 2.12 bits per heavy atom. The van der Waals surface area contributed by atoms with Crippen LogP contribution in [0.1, 0.15) is 52.0 Å². The minimum atomic E-state index is -0.273. The minimum Gasteiger partial charge on any atom is -0.348 e. The molecular weight excluding hydrogens is 313 g/mol. The lowest BCUT2D eigenvalue weighted by Gasteiger charge is -2.34. The Labute approximate surface area is 150 Å². The number of fused-ring (bicyclic) bond motifs is 1. The Morgan fingerprint density at radius 3 is 2.88 bits per heavy atom. The summed E-state index contributed by atoms with van der Waals surface area (Å²) in [6.07, 6.45) is 7.01. The molecule has 3 heteroatoms. The Kier molecular flexibility index (Phi) is 5.41. The highest BCUT2D eigenvalue weighted by Crippen LogP contribution is 2.48. The van der Waals surface area contributed by atoms with Crippen molar-refractivity contribution in [3.05, 3.63) is 58.4 Å². The van der Waals surface area contributed by atoms with E-state index in [1.807, 2.05) is 13.0 Å². The van der Waals surface area contributed by atoms with Crippen LogP contribution in [0, 0.1) is 23.6 Å². The zero-order valence-electron chi connectivity index (χ0n) is 15.4. The molecule has 1 aromatic carbocycles. The van der Waals surface area contributed by atoms with Gasteiger partial charge >= 0.3 is 0 Å². The van der Waals surface area contributed by atoms with Crippen LogP contribution in [0.2, 0.25) is 0 Å².